The van der Waals surface area contributed by atoms with Crippen LogP contribution in [0.3, 0.4) is 0 Å². The van der Waals surface area contributed by atoms with Crippen molar-refractivity contribution in [3.05, 3.63) is 35.0 Å². The number of benzene rings is 1. The Morgan fingerprint density at radius 1 is 1.26 bits per heavy atom. The number of H-pyrrole nitrogens is 1. The number of hydrogen-bond acceptors (Lipinski definition) is 2. The van der Waals surface area contributed by atoms with Gasteiger partial charge in [-0.1, -0.05) is 11.6 Å². The molecule has 0 radical (unpaired) electrons. The van der Waals surface area contributed by atoms with Crippen molar-refractivity contribution in [3.8, 4) is 0 Å². The van der Waals surface area contributed by atoms with E-state index >= 15 is 0 Å². The van der Waals surface area contributed by atoms with Gasteiger partial charge in [0.1, 0.15) is 5.69 Å². The van der Waals surface area contributed by atoms with Gasteiger partial charge < -0.3 is 15.2 Å². The van der Waals surface area contributed by atoms with Gasteiger partial charge in [-0.25, -0.2) is 0 Å². The quantitative estimate of drug-likeness (QED) is 0.901. The lowest BCUT2D eigenvalue weighted by Crippen LogP contribution is -2.47. The van der Waals surface area contributed by atoms with Crippen molar-refractivity contribution in [2.24, 2.45) is 0 Å². The standard InChI is InChI=1S/C17H22ClN3O2/c1-5-21(10-15(22)20-17(2,3)4)16(23)14-9-11-8-12(18)6-7-13(11)19-14/h6-9,19H,5,10H2,1-4H3,(H,20,22). The fraction of sp³-hybridized carbons (Fsp3) is 0.412. The minimum atomic E-state index is -0.322. The molecule has 5 nitrogen and oxygen atoms in total. The predicted octanol–water partition coefficient (Wildman–Crippen LogP) is 3.20. The molecule has 6 heteroatoms. The van der Waals surface area contributed by atoms with E-state index < -0.39 is 0 Å². The van der Waals surface area contributed by atoms with Crippen molar-refractivity contribution in [1.82, 2.24) is 15.2 Å². The van der Waals surface area contributed by atoms with Gasteiger partial charge in [0.05, 0.1) is 6.54 Å². The first-order chi connectivity index (χ1) is 10.7. The van der Waals surface area contributed by atoms with Gasteiger partial charge in [-0.15, -0.1) is 0 Å². The van der Waals surface area contributed by atoms with Crippen LogP contribution in [0.1, 0.15) is 38.2 Å². The molecule has 0 saturated heterocycles. The molecule has 0 saturated carbocycles. The average molecular weight is 336 g/mol. The third-order valence-corrected chi connectivity index (χ3v) is 3.57. The summed E-state index contributed by atoms with van der Waals surface area (Å²) in [6, 6.07) is 7.15. The molecule has 0 spiro atoms. The number of aromatic nitrogens is 1. The van der Waals surface area contributed by atoms with Gasteiger partial charge in [0.25, 0.3) is 5.91 Å². The minimum absolute atomic E-state index is 0.0305. The summed E-state index contributed by atoms with van der Waals surface area (Å²) in [6.45, 7) is 8.05. The Hall–Kier alpha value is -2.01. The van der Waals surface area contributed by atoms with Crippen LogP contribution in [-0.4, -0.2) is 40.3 Å². The molecule has 0 aliphatic rings. The molecule has 0 aliphatic heterocycles. The molecule has 0 fully saturated rings. The fourth-order valence-electron chi connectivity index (χ4n) is 2.35. The Morgan fingerprint density at radius 2 is 1.96 bits per heavy atom. The second kappa shape index (κ2) is 6.62. The predicted molar refractivity (Wildman–Crippen MR) is 92.8 cm³/mol. The van der Waals surface area contributed by atoms with E-state index in [0.29, 0.717) is 17.3 Å². The second-order valence-electron chi connectivity index (χ2n) is 6.53. The Morgan fingerprint density at radius 3 is 2.57 bits per heavy atom. The molecule has 2 rings (SSSR count). The van der Waals surface area contributed by atoms with Gasteiger partial charge in [0.2, 0.25) is 5.91 Å². The zero-order valence-corrected chi connectivity index (χ0v) is 14.6. The summed E-state index contributed by atoms with van der Waals surface area (Å²) in [7, 11) is 0. The zero-order chi connectivity index (χ0) is 17.2. The first kappa shape index (κ1) is 17.3. The Labute approximate surface area is 141 Å². The topological polar surface area (TPSA) is 65.2 Å². The molecule has 2 amide bonds. The van der Waals surface area contributed by atoms with Crippen LogP contribution in [-0.2, 0) is 4.79 Å². The van der Waals surface area contributed by atoms with Crippen LogP contribution in [0.5, 0.6) is 0 Å². The van der Waals surface area contributed by atoms with E-state index in [-0.39, 0.29) is 23.9 Å². The average Bonchev–Trinajstić information content (AvgIpc) is 2.85. The molecule has 1 aromatic carbocycles. The van der Waals surface area contributed by atoms with Crippen molar-refractivity contribution in [2.75, 3.05) is 13.1 Å². The largest absolute Gasteiger partial charge is 0.351 e. The maximum Gasteiger partial charge on any atom is 0.270 e. The highest BCUT2D eigenvalue weighted by atomic mass is 35.5. The summed E-state index contributed by atoms with van der Waals surface area (Å²) in [5.74, 6) is -0.379. The molecule has 2 aromatic rings. The first-order valence-corrected chi connectivity index (χ1v) is 7.96. The number of nitrogens with one attached hydrogen (secondary N) is 2. The number of amides is 2. The first-order valence-electron chi connectivity index (χ1n) is 7.58. The highest BCUT2D eigenvalue weighted by Crippen LogP contribution is 2.20. The van der Waals surface area contributed by atoms with Crippen LogP contribution in [0.4, 0.5) is 0 Å². The van der Waals surface area contributed by atoms with Gasteiger partial charge in [0.15, 0.2) is 0 Å². The van der Waals surface area contributed by atoms with E-state index in [9.17, 15) is 9.59 Å². The second-order valence-corrected chi connectivity index (χ2v) is 6.97. The van der Waals surface area contributed by atoms with Gasteiger partial charge in [-0.05, 0) is 52.0 Å². The lowest BCUT2D eigenvalue weighted by atomic mass is 10.1. The lowest BCUT2D eigenvalue weighted by Gasteiger charge is -2.24. The minimum Gasteiger partial charge on any atom is -0.351 e. The monoisotopic (exact) mass is 335 g/mol. The molecule has 2 N–H and O–H groups in total. The Balaban J connectivity index is 2.16. The molecule has 1 heterocycles. The molecule has 0 bridgehead atoms. The maximum atomic E-state index is 12.6. The fourth-order valence-corrected chi connectivity index (χ4v) is 2.53. The third kappa shape index (κ3) is 4.48. The zero-order valence-electron chi connectivity index (χ0n) is 13.9. The third-order valence-electron chi connectivity index (χ3n) is 3.33. The van der Waals surface area contributed by atoms with Gasteiger partial charge in [0, 0.05) is 28.0 Å². The summed E-state index contributed by atoms with van der Waals surface area (Å²) in [4.78, 5) is 29.2. The lowest BCUT2D eigenvalue weighted by molar-refractivity contribution is -0.123. The number of aromatic amines is 1. The number of carbonyl (C=O) groups excluding carboxylic acids is 2. The van der Waals surface area contributed by atoms with E-state index in [1.807, 2.05) is 33.8 Å². The van der Waals surface area contributed by atoms with E-state index in [0.717, 1.165) is 10.9 Å². The molecular weight excluding hydrogens is 314 g/mol. The molecule has 23 heavy (non-hydrogen) atoms. The summed E-state index contributed by atoms with van der Waals surface area (Å²) in [5, 5.41) is 4.35. The van der Waals surface area contributed by atoms with Crippen molar-refractivity contribution in [2.45, 2.75) is 33.2 Å². The molecule has 0 unspecified atom stereocenters. The van der Waals surface area contributed by atoms with Crippen LogP contribution in [0.25, 0.3) is 10.9 Å². The number of halogens is 1. The van der Waals surface area contributed by atoms with E-state index in [1.54, 1.807) is 18.2 Å². The van der Waals surface area contributed by atoms with Crippen LogP contribution >= 0.6 is 11.6 Å². The van der Waals surface area contributed by atoms with E-state index in [4.69, 9.17) is 11.6 Å². The number of fused-ring (bicyclic) bond motifs is 1. The smallest absolute Gasteiger partial charge is 0.270 e. The number of carbonyl (C=O) groups is 2. The van der Waals surface area contributed by atoms with Crippen LogP contribution in [0.15, 0.2) is 24.3 Å². The molecule has 124 valence electrons. The Kier molecular flexibility index (Phi) is 5.00. The van der Waals surface area contributed by atoms with E-state index in [1.165, 1.54) is 4.90 Å². The van der Waals surface area contributed by atoms with Gasteiger partial charge >= 0.3 is 0 Å². The molecular formula is C17H22ClN3O2. The Bertz CT molecular complexity index is 731. The normalized spacial score (nSPS) is 11.5. The van der Waals surface area contributed by atoms with Crippen LogP contribution < -0.4 is 5.32 Å². The number of rotatable bonds is 4. The number of hydrogen-bond donors (Lipinski definition) is 2. The number of likely N-dealkylation sites (N-methyl/N-ethyl adjacent to an activating group) is 1. The van der Waals surface area contributed by atoms with Crippen LogP contribution in [0, 0.1) is 0 Å². The van der Waals surface area contributed by atoms with Crippen molar-refractivity contribution >= 4 is 34.3 Å². The van der Waals surface area contributed by atoms with Crippen LogP contribution in [0.2, 0.25) is 5.02 Å². The summed E-state index contributed by atoms with van der Waals surface area (Å²) in [5.41, 5.74) is 0.970. The SMILES string of the molecule is CCN(CC(=O)NC(C)(C)C)C(=O)c1cc2cc(Cl)ccc2[nH]1. The van der Waals surface area contributed by atoms with E-state index in [2.05, 4.69) is 10.3 Å². The van der Waals surface area contributed by atoms with Crippen molar-refractivity contribution in [3.63, 3.8) is 0 Å². The maximum absolute atomic E-state index is 12.6. The molecule has 0 aliphatic carbocycles. The highest BCUT2D eigenvalue weighted by molar-refractivity contribution is 6.31. The molecule has 0 atom stereocenters. The summed E-state index contributed by atoms with van der Waals surface area (Å²) < 4.78 is 0. The van der Waals surface area contributed by atoms with Gasteiger partial charge in [-0.3, -0.25) is 9.59 Å². The molecule has 1 aromatic heterocycles. The summed E-state index contributed by atoms with van der Waals surface area (Å²) in [6.07, 6.45) is 0. The van der Waals surface area contributed by atoms with Crippen molar-refractivity contribution in [1.29, 1.82) is 0 Å². The highest BCUT2D eigenvalue weighted by Gasteiger charge is 2.21. The van der Waals surface area contributed by atoms with Crippen molar-refractivity contribution < 1.29 is 9.59 Å². The van der Waals surface area contributed by atoms with Gasteiger partial charge in [-0.2, -0.15) is 0 Å². The number of nitrogens with zero attached hydrogens (tertiary/aromatic N) is 1. The summed E-state index contributed by atoms with van der Waals surface area (Å²) >= 11 is 5.97.